The lowest BCUT2D eigenvalue weighted by Crippen LogP contribution is -2.48. The highest BCUT2D eigenvalue weighted by Gasteiger charge is 2.42. The van der Waals surface area contributed by atoms with E-state index >= 15 is 0 Å². The molecule has 0 radical (unpaired) electrons. The SMILES string of the molecule is CC(C)(O)C1CCCN1S(=O)(=O)c1ccc2c(c1)CCC2. The number of rotatable bonds is 3. The van der Waals surface area contributed by atoms with Crippen molar-refractivity contribution in [2.45, 2.75) is 62.5 Å². The summed E-state index contributed by atoms with van der Waals surface area (Å²) < 4.78 is 27.3. The third-order valence-corrected chi connectivity index (χ3v) is 6.60. The molecule has 0 bridgehead atoms. The van der Waals surface area contributed by atoms with Gasteiger partial charge in [0.05, 0.1) is 16.5 Å². The van der Waals surface area contributed by atoms with Crippen molar-refractivity contribution in [3.05, 3.63) is 29.3 Å². The summed E-state index contributed by atoms with van der Waals surface area (Å²) in [7, 11) is -3.52. The van der Waals surface area contributed by atoms with Crippen LogP contribution in [0.3, 0.4) is 0 Å². The summed E-state index contributed by atoms with van der Waals surface area (Å²) in [6.45, 7) is 3.87. The first-order valence-corrected chi connectivity index (χ1v) is 9.10. The van der Waals surface area contributed by atoms with Crippen LogP contribution >= 0.6 is 0 Å². The second-order valence-corrected chi connectivity index (χ2v) is 8.60. The zero-order valence-electron chi connectivity index (χ0n) is 12.7. The smallest absolute Gasteiger partial charge is 0.243 e. The first-order valence-electron chi connectivity index (χ1n) is 7.66. The zero-order chi connectivity index (χ0) is 15.3. The van der Waals surface area contributed by atoms with Gasteiger partial charge in [-0.05, 0) is 69.2 Å². The number of fused-ring (bicyclic) bond motifs is 1. The van der Waals surface area contributed by atoms with Gasteiger partial charge >= 0.3 is 0 Å². The minimum absolute atomic E-state index is 0.337. The molecule has 0 spiro atoms. The Balaban J connectivity index is 1.97. The van der Waals surface area contributed by atoms with Gasteiger partial charge in [-0.2, -0.15) is 4.31 Å². The largest absolute Gasteiger partial charge is 0.389 e. The van der Waals surface area contributed by atoms with Gasteiger partial charge < -0.3 is 5.11 Å². The molecule has 1 saturated heterocycles. The first-order chi connectivity index (χ1) is 9.80. The second kappa shape index (κ2) is 5.07. The first kappa shape index (κ1) is 15.0. The van der Waals surface area contributed by atoms with Gasteiger partial charge in [-0.15, -0.1) is 0 Å². The number of benzene rings is 1. The van der Waals surface area contributed by atoms with Crippen molar-refractivity contribution in [3.8, 4) is 0 Å². The fraction of sp³-hybridized carbons (Fsp3) is 0.625. The lowest BCUT2D eigenvalue weighted by Gasteiger charge is -2.33. The molecular formula is C16H23NO3S. The molecule has 2 aliphatic rings. The number of aliphatic hydroxyl groups is 1. The summed E-state index contributed by atoms with van der Waals surface area (Å²) in [4.78, 5) is 0.374. The molecule has 1 aliphatic carbocycles. The molecule has 1 aliphatic heterocycles. The van der Waals surface area contributed by atoms with E-state index in [1.54, 1.807) is 19.9 Å². The number of sulfonamides is 1. The summed E-state index contributed by atoms with van der Waals surface area (Å²) in [5, 5.41) is 10.2. The molecule has 1 atom stereocenters. The third-order valence-electron chi connectivity index (χ3n) is 4.70. The average Bonchev–Trinajstić information content (AvgIpc) is 3.06. The van der Waals surface area contributed by atoms with Gasteiger partial charge in [0.15, 0.2) is 0 Å². The third kappa shape index (κ3) is 2.62. The Hall–Kier alpha value is -0.910. The van der Waals surface area contributed by atoms with Crippen LogP contribution in [0.15, 0.2) is 23.1 Å². The van der Waals surface area contributed by atoms with Crippen molar-refractivity contribution in [3.63, 3.8) is 0 Å². The van der Waals surface area contributed by atoms with Gasteiger partial charge in [-0.25, -0.2) is 8.42 Å². The molecule has 1 heterocycles. The molecule has 1 unspecified atom stereocenters. The Labute approximate surface area is 126 Å². The van der Waals surface area contributed by atoms with Crippen molar-refractivity contribution >= 4 is 10.0 Å². The zero-order valence-corrected chi connectivity index (χ0v) is 13.5. The van der Waals surface area contributed by atoms with Crippen molar-refractivity contribution < 1.29 is 13.5 Å². The molecule has 0 aromatic heterocycles. The van der Waals surface area contributed by atoms with E-state index in [1.807, 2.05) is 12.1 Å². The van der Waals surface area contributed by atoms with Gasteiger partial charge in [0.25, 0.3) is 0 Å². The molecule has 3 rings (SSSR count). The Bertz CT molecular complexity index is 646. The van der Waals surface area contributed by atoms with E-state index < -0.39 is 15.6 Å². The van der Waals surface area contributed by atoms with Crippen molar-refractivity contribution in [2.75, 3.05) is 6.54 Å². The molecular weight excluding hydrogens is 286 g/mol. The monoisotopic (exact) mass is 309 g/mol. The number of hydrogen-bond acceptors (Lipinski definition) is 3. The van der Waals surface area contributed by atoms with Crippen LogP contribution in [0.2, 0.25) is 0 Å². The molecule has 1 fully saturated rings. The summed E-state index contributed by atoms with van der Waals surface area (Å²) in [6.07, 6.45) is 4.64. The Morgan fingerprint density at radius 2 is 1.90 bits per heavy atom. The maximum Gasteiger partial charge on any atom is 0.243 e. The van der Waals surface area contributed by atoms with Crippen LogP contribution in [0.4, 0.5) is 0 Å². The van der Waals surface area contributed by atoms with Crippen molar-refractivity contribution in [1.82, 2.24) is 4.31 Å². The molecule has 1 aromatic carbocycles. The Morgan fingerprint density at radius 1 is 1.19 bits per heavy atom. The van der Waals surface area contributed by atoms with E-state index in [2.05, 4.69) is 0 Å². The summed E-state index contributed by atoms with van der Waals surface area (Å²) >= 11 is 0. The van der Waals surface area contributed by atoms with E-state index in [0.717, 1.165) is 31.2 Å². The van der Waals surface area contributed by atoms with Crippen LogP contribution in [0.1, 0.15) is 44.2 Å². The molecule has 21 heavy (non-hydrogen) atoms. The normalized spacial score (nSPS) is 23.5. The molecule has 4 nitrogen and oxygen atoms in total. The Morgan fingerprint density at radius 3 is 2.62 bits per heavy atom. The molecule has 116 valence electrons. The topological polar surface area (TPSA) is 57.6 Å². The van der Waals surface area contributed by atoms with Gasteiger partial charge in [0.2, 0.25) is 10.0 Å². The standard InChI is InChI=1S/C16H23NO3S/c1-16(2,18)15-7-4-10-17(15)21(19,20)14-9-8-12-5-3-6-13(12)11-14/h8-9,11,15,18H,3-7,10H2,1-2H3. The molecule has 0 amide bonds. The van der Waals surface area contributed by atoms with E-state index in [0.29, 0.717) is 17.9 Å². The number of hydrogen-bond donors (Lipinski definition) is 1. The van der Waals surface area contributed by atoms with Crippen LogP contribution in [0.5, 0.6) is 0 Å². The van der Waals surface area contributed by atoms with E-state index in [-0.39, 0.29) is 6.04 Å². The highest BCUT2D eigenvalue weighted by Crippen LogP contribution is 2.33. The quantitative estimate of drug-likeness (QED) is 0.930. The minimum Gasteiger partial charge on any atom is -0.389 e. The number of aryl methyl sites for hydroxylation is 2. The molecule has 5 heteroatoms. The second-order valence-electron chi connectivity index (χ2n) is 6.71. The van der Waals surface area contributed by atoms with Crippen LogP contribution in [-0.2, 0) is 22.9 Å². The molecule has 0 saturated carbocycles. The maximum absolute atomic E-state index is 12.9. The van der Waals surface area contributed by atoms with Crippen LogP contribution in [-0.4, -0.2) is 36.0 Å². The fourth-order valence-corrected chi connectivity index (χ4v) is 5.45. The van der Waals surface area contributed by atoms with Crippen LogP contribution in [0, 0.1) is 0 Å². The van der Waals surface area contributed by atoms with Gasteiger partial charge in [-0.1, -0.05) is 6.07 Å². The van der Waals surface area contributed by atoms with Crippen molar-refractivity contribution in [2.24, 2.45) is 0 Å². The average molecular weight is 309 g/mol. The van der Waals surface area contributed by atoms with Gasteiger partial charge in [0.1, 0.15) is 0 Å². The predicted molar refractivity (Wildman–Crippen MR) is 81.7 cm³/mol. The van der Waals surface area contributed by atoms with Crippen LogP contribution < -0.4 is 0 Å². The van der Waals surface area contributed by atoms with E-state index in [4.69, 9.17) is 0 Å². The highest BCUT2D eigenvalue weighted by atomic mass is 32.2. The van der Waals surface area contributed by atoms with Crippen molar-refractivity contribution in [1.29, 1.82) is 0 Å². The lowest BCUT2D eigenvalue weighted by atomic mass is 9.98. The fourth-order valence-electron chi connectivity index (χ4n) is 3.58. The van der Waals surface area contributed by atoms with Crippen LogP contribution in [0.25, 0.3) is 0 Å². The minimum atomic E-state index is -3.52. The molecule has 1 N–H and O–H groups in total. The highest BCUT2D eigenvalue weighted by molar-refractivity contribution is 7.89. The summed E-state index contributed by atoms with van der Waals surface area (Å²) in [5.74, 6) is 0. The summed E-state index contributed by atoms with van der Waals surface area (Å²) in [5.41, 5.74) is 1.42. The predicted octanol–water partition coefficient (Wildman–Crippen LogP) is 2.10. The van der Waals surface area contributed by atoms with Gasteiger partial charge in [-0.3, -0.25) is 0 Å². The number of nitrogens with zero attached hydrogens (tertiary/aromatic N) is 1. The van der Waals surface area contributed by atoms with Gasteiger partial charge in [0, 0.05) is 6.54 Å². The molecule has 1 aromatic rings. The summed E-state index contributed by atoms with van der Waals surface area (Å²) in [6, 6.07) is 5.16. The van der Waals surface area contributed by atoms with E-state index in [1.165, 1.54) is 9.87 Å². The Kier molecular flexibility index (Phi) is 3.62. The lowest BCUT2D eigenvalue weighted by molar-refractivity contribution is 0.0215. The maximum atomic E-state index is 12.9. The van der Waals surface area contributed by atoms with E-state index in [9.17, 15) is 13.5 Å².